The summed E-state index contributed by atoms with van der Waals surface area (Å²) in [4.78, 5) is 28.1. The average Bonchev–Trinajstić information content (AvgIpc) is 2.28. The molecule has 1 N–H and O–H groups in total. The van der Waals surface area contributed by atoms with Gasteiger partial charge in [0.2, 0.25) is 0 Å². The van der Waals surface area contributed by atoms with Crippen LogP contribution in [0.4, 0.5) is 0 Å². The Labute approximate surface area is 93.7 Å². The zero-order valence-electron chi connectivity index (χ0n) is 9.30. The molecule has 16 heavy (non-hydrogen) atoms. The van der Waals surface area contributed by atoms with E-state index in [9.17, 15) is 9.59 Å². The van der Waals surface area contributed by atoms with Crippen LogP contribution in [0.1, 0.15) is 34.2 Å². The highest BCUT2D eigenvalue weighted by Crippen LogP contribution is 2.08. The number of carbonyl (C=O) groups excluding carboxylic acids is 1. The van der Waals surface area contributed by atoms with Crippen molar-refractivity contribution in [2.75, 3.05) is 13.6 Å². The smallest absolute Gasteiger partial charge is 0.338 e. The van der Waals surface area contributed by atoms with Gasteiger partial charge in [0.05, 0.1) is 5.56 Å². The topological polar surface area (TPSA) is 70.5 Å². The molecule has 0 fully saturated rings. The van der Waals surface area contributed by atoms with Crippen molar-refractivity contribution in [2.24, 2.45) is 0 Å². The second kappa shape index (κ2) is 5.25. The zero-order chi connectivity index (χ0) is 12.1. The third kappa shape index (κ3) is 2.56. The van der Waals surface area contributed by atoms with E-state index in [1.807, 2.05) is 6.92 Å². The highest BCUT2D eigenvalue weighted by molar-refractivity contribution is 6.03. The lowest BCUT2D eigenvalue weighted by atomic mass is 10.2. The molecule has 1 amide bonds. The minimum atomic E-state index is -1.14. The lowest BCUT2D eigenvalue weighted by Gasteiger charge is -2.16. The summed E-state index contributed by atoms with van der Waals surface area (Å²) in [6.45, 7) is 2.52. The van der Waals surface area contributed by atoms with E-state index in [0.717, 1.165) is 6.42 Å². The van der Waals surface area contributed by atoms with Gasteiger partial charge in [0, 0.05) is 19.8 Å². The van der Waals surface area contributed by atoms with Crippen LogP contribution in [-0.4, -0.2) is 40.5 Å². The van der Waals surface area contributed by atoms with Crippen LogP contribution in [0.3, 0.4) is 0 Å². The Morgan fingerprint density at radius 3 is 2.75 bits per heavy atom. The number of carbonyl (C=O) groups is 2. The van der Waals surface area contributed by atoms with Crippen molar-refractivity contribution in [1.29, 1.82) is 0 Å². The molecular formula is C11H14N2O3. The molecule has 86 valence electrons. The lowest BCUT2D eigenvalue weighted by molar-refractivity contribution is 0.0679. The summed E-state index contributed by atoms with van der Waals surface area (Å²) in [5.41, 5.74) is -0.0681. The minimum Gasteiger partial charge on any atom is -0.478 e. The second-order valence-corrected chi connectivity index (χ2v) is 3.43. The van der Waals surface area contributed by atoms with Crippen LogP contribution >= 0.6 is 0 Å². The Hall–Kier alpha value is -1.91. The van der Waals surface area contributed by atoms with E-state index in [4.69, 9.17) is 5.11 Å². The molecule has 1 aromatic heterocycles. The van der Waals surface area contributed by atoms with Gasteiger partial charge in [-0.05, 0) is 18.6 Å². The first kappa shape index (κ1) is 12.2. The number of carboxylic acids is 1. The van der Waals surface area contributed by atoms with Gasteiger partial charge in [0.15, 0.2) is 0 Å². The number of amides is 1. The Morgan fingerprint density at radius 2 is 2.19 bits per heavy atom. The lowest BCUT2D eigenvalue weighted by Crippen LogP contribution is -2.29. The Bertz CT molecular complexity index is 404. The molecule has 0 saturated carbocycles. The largest absolute Gasteiger partial charge is 0.478 e. The molecule has 5 heteroatoms. The predicted molar refractivity (Wildman–Crippen MR) is 58.4 cm³/mol. The maximum atomic E-state index is 11.9. The van der Waals surface area contributed by atoms with E-state index < -0.39 is 5.97 Å². The third-order valence-corrected chi connectivity index (χ3v) is 2.15. The van der Waals surface area contributed by atoms with E-state index in [-0.39, 0.29) is 17.2 Å². The summed E-state index contributed by atoms with van der Waals surface area (Å²) >= 11 is 0. The molecule has 0 unspecified atom stereocenters. The first-order valence-corrected chi connectivity index (χ1v) is 5.01. The van der Waals surface area contributed by atoms with Gasteiger partial charge in [-0.1, -0.05) is 6.92 Å². The molecule has 5 nitrogen and oxygen atoms in total. The Balaban J connectivity index is 3.03. The van der Waals surface area contributed by atoms with Gasteiger partial charge in [-0.3, -0.25) is 9.78 Å². The molecule has 1 aromatic rings. The van der Waals surface area contributed by atoms with E-state index in [1.165, 1.54) is 23.2 Å². The number of pyridine rings is 1. The van der Waals surface area contributed by atoms with Crippen LogP contribution in [0.15, 0.2) is 18.3 Å². The van der Waals surface area contributed by atoms with E-state index in [1.54, 1.807) is 7.05 Å². The normalized spacial score (nSPS) is 9.88. The molecule has 0 aliphatic carbocycles. The summed E-state index contributed by atoms with van der Waals surface area (Å²) in [7, 11) is 1.63. The van der Waals surface area contributed by atoms with Gasteiger partial charge < -0.3 is 10.0 Å². The van der Waals surface area contributed by atoms with Gasteiger partial charge in [0.25, 0.3) is 5.91 Å². The quantitative estimate of drug-likeness (QED) is 0.832. The van der Waals surface area contributed by atoms with Crippen LogP contribution in [0.5, 0.6) is 0 Å². The maximum absolute atomic E-state index is 11.9. The van der Waals surface area contributed by atoms with E-state index in [2.05, 4.69) is 4.98 Å². The molecule has 0 aliphatic heterocycles. The third-order valence-electron chi connectivity index (χ3n) is 2.15. The van der Waals surface area contributed by atoms with Gasteiger partial charge >= 0.3 is 5.97 Å². The van der Waals surface area contributed by atoms with Gasteiger partial charge in [-0.25, -0.2) is 4.79 Å². The minimum absolute atomic E-state index is 0.00838. The number of rotatable bonds is 4. The Morgan fingerprint density at radius 1 is 1.50 bits per heavy atom. The van der Waals surface area contributed by atoms with Crippen molar-refractivity contribution in [1.82, 2.24) is 9.88 Å². The number of nitrogens with zero attached hydrogens (tertiary/aromatic N) is 2. The summed E-state index contributed by atoms with van der Waals surface area (Å²) in [6.07, 6.45) is 2.23. The first-order valence-electron chi connectivity index (χ1n) is 5.01. The zero-order valence-corrected chi connectivity index (χ0v) is 9.30. The molecule has 0 bridgehead atoms. The number of hydrogen-bond acceptors (Lipinski definition) is 3. The molecule has 1 rings (SSSR count). The molecule has 0 aromatic carbocycles. The monoisotopic (exact) mass is 222 g/mol. The van der Waals surface area contributed by atoms with E-state index >= 15 is 0 Å². The van der Waals surface area contributed by atoms with Crippen molar-refractivity contribution >= 4 is 11.9 Å². The summed E-state index contributed by atoms with van der Waals surface area (Å²) in [5.74, 6) is -1.50. The van der Waals surface area contributed by atoms with Crippen LogP contribution in [0.25, 0.3) is 0 Å². The average molecular weight is 222 g/mol. The number of hydrogen-bond donors (Lipinski definition) is 1. The van der Waals surface area contributed by atoms with Crippen molar-refractivity contribution in [3.05, 3.63) is 29.6 Å². The predicted octanol–water partition coefficient (Wildman–Crippen LogP) is 1.26. The molecule has 0 radical (unpaired) electrons. The van der Waals surface area contributed by atoms with Crippen molar-refractivity contribution in [3.8, 4) is 0 Å². The van der Waals surface area contributed by atoms with Crippen molar-refractivity contribution in [2.45, 2.75) is 13.3 Å². The SMILES string of the molecule is CCCN(C)C(=O)c1ncccc1C(=O)O. The van der Waals surface area contributed by atoms with Crippen LogP contribution in [-0.2, 0) is 0 Å². The molecule has 0 spiro atoms. The maximum Gasteiger partial charge on any atom is 0.338 e. The van der Waals surface area contributed by atoms with Gasteiger partial charge in [0.1, 0.15) is 5.69 Å². The van der Waals surface area contributed by atoms with E-state index in [0.29, 0.717) is 6.54 Å². The van der Waals surface area contributed by atoms with Crippen LogP contribution < -0.4 is 0 Å². The summed E-state index contributed by atoms with van der Waals surface area (Å²) in [5, 5.41) is 8.92. The number of aromatic nitrogens is 1. The number of carboxylic acid groups (broad SMARTS) is 1. The van der Waals surface area contributed by atoms with Crippen molar-refractivity contribution < 1.29 is 14.7 Å². The fourth-order valence-corrected chi connectivity index (χ4v) is 1.37. The van der Waals surface area contributed by atoms with Crippen LogP contribution in [0.2, 0.25) is 0 Å². The van der Waals surface area contributed by atoms with Crippen LogP contribution in [0, 0.1) is 0 Å². The molecule has 1 heterocycles. The highest BCUT2D eigenvalue weighted by atomic mass is 16.4. The van der Waals surface area contributed by atoms with Gasteiger partial charge in [-0.15, -0.1) is 0 Å². The second-order valence-electron chi connectivity index (χ2n) is 3.43. The molecule has 0 saturated heterocycles. The standard InChI is InChI=1S/C11H14N2O3/c1-3-7-13(2)10(14)9-8(11(15)16)5-4-6-12-9/h4-6H,3,7H2,1-2H3,(H,15,16). The van der Waals surface area contributed by atoms with Crippen molar-refractivity contribution in [3.63, 3.8) is 0 Å². The fourth-order valence-electron chi connectivity index (χ4n) is 1.37. The molecule has 0 atom stereocenters. The van der Waals surface area contributed by atoms with Gasteiger partial charge in [-0.2, -0.15) is 0 Å². The highest BCUT2D eigenvalue weighted by Gasteiger charge is 2.19. The Kier molecular flexibility index (Phi) is 3.99. The fraction of sp³-hybridized carbons (Fsp3) is 0.364. The first-order chi connectivity index (χ1) is 7.57. The molecular weight excluding hydrogens is 208 g/mol. The summed E-state index contributed by atoms with van der Waals surface area (Å²) in [6, 6.07) is 2.88. The molecule has 0 aliphatic rings. The summed E-state index contributed by atoms with van der Waals surface area (Å²) < 4.78 is 0. The number of aromatic carboxylic acids is 1.